The summed E-state index contributed by atoms with van der Waals surface area (Å²) in [4.78, 5) is 0. The topological polar surface area (TPSA) is 41.5 Å². The first-order valence-corrected chi connectivity index (χ1v) is 6.08. The molecule has 0 spiro atoms. The van der Waals surface area contributed by atoms with E-state index in [9.17, 15) is 5.11 Å². The minimum absolute atomic E-state index is 0.0951. The number of nitrogens with one attached hydrogen (secondary N) is 1. The summed E-state index contributed by atoms with van der Waals surface area (Å²) in [5, 5.41) is 12.7. The molecule has 1 saturated heterocycles. The van der Waals surface area contributed by atoms with E-state index in [-0.39, 0.29) is 12.0 Å². The third-order valence-electron chi connectivity index (χ3n) is 3.28. The van der Waals surface area contributed by atoms with Gasteiger partial charge >= 0.3 is 0 Å². The summed E-state index contributed by atoms with van der Waals surface area (Å²) in [6, 6.07) is 0. The Bertz CT molecular complexity index is 165. The summed E-state index contributed by atoms with van der Waals surface area (Å²) in [6.07, 6.45) is 3.19. The van der Waals surface area contributed by atoms with Crippen LogP contribution in [0.25, 0.3) is 0 Å². The largest absolute Gasteiger partial charge is 0.396 e. The number of aliphatic hydroxyl groups is 1. The number of rotatable bonds is 7. The maximum Gasteiger partial charge on any atom is 0.0500 e. The van der Waals surface area contributed by atoms with Crippen molar-refractivity contribution in [3.8, 4) is 0 Å². The summed E-state index contributed by atoms with van der Waals surface area (Å²) in [5.74, 6) is 0.713. The van der Waals surface area contributed by atoms with Crippen LogP contribution in [0.4, 0.5) is 0 Å². The molecule has 0 aromatic rings. The lowest BCUT2D eigenvalue weighted by atomic mass is 9.85. The zero-order valence-corrected chi connectivity index (χ0v) is 10.1. The fraction of sp³-hybridized carbons (Fsp3) is 1.00. The molecule has 0 bridgehead atoms. The lowest BCUT2D eigenvalue weighted by Gasteiger charge is -2.25. The second-order valence-electron chi connectivity index (χ2n) is 5.13. The third-order valence-corrected chi connectivity index (χ3v) is 3.28. The molecule has 1 aliphatic heterocycles. The van der Waals surface area contributed by atoms with Crippen LogP contribution in [0.3, 0.4) is 0 Å². The normalized spacial score (nSPS) is 26.4. The first kappa shape index (κ1) is 12.9. The van der Waals surface area contributed by atoms with E-state index in [0.717, 1.165) is 45.6 Å². The van der Waals surface area contributed by atoms with Gasteiger partial charge in [-0.2, -0.15) is 0 Å². The van der Waals surface area contributed by atoms with Crippen molar-refractivity contribution in [2.24, 2.45) is 11.3 Å². The molecule has 3 nitrogen and oxygen atoms in total. The van der Waals surface area contributed by atoms with Crippen molar-refractivity contribution < 1.29 is 9.84 Å². The van der Waals surface area contributed by atoms with Crippen LogP contribution >= 0.6 is 0 Å². The molecule has 0 aromatic carbocycles. The molecule has 0 aromatic heterocycles. The molecule has 1 aliphatic rings. The van der Waals surface area contributed by atoms with Gasteiger partial charge in [0.1, 0.15) is 0 Å². The predicted molar refractivity (Wildman–Crippen MR) is 61.9 cm³/mol. The van der Waals surface area contributed by atoms with Crippen molar-refractivity contribution in [2.75, 3.05) is 32.9 Å². The Morgan fingerprint density at radius 2 is 2.20 bits per heavy atom. The Labute approximate surface area is 93.2 Å². The molecule has 2 N–H and O–H groups in total. The van der Waals surface area contributed by atoms with Crippen molar-refractivity contribution >= 4 is 0 Å². The van der Waals surface area contributed by atoms with E-state index in [1.54, 1.807) is 0 Å². The zero-order valence-electron chi connectivity index (χ0n) is 10.1. The van der Waals surface area contributed by atoms with E-state index in [4.69, 9.17) is 4.74 Å². The van der Waals surface area contributed by atoms with Crippen LogP contribution in [0.15, 0.2) is 0 Å². The van der Waals surface area contributed by atoms with E-state index >= 15 is 0 Å². The summed E-state index contributed by atoms with van der Waals surface area (Å²) in [6.45, 7) is 8.32. The predicted octanol–water partition coefficient (Wildman–Crippen LogP) is 1.41. The first-order chi connectivity index (χ1) is 7.18. The third kappa shape index (κ3) is 4.49. The average Bonchev–Trinajstić information content (AvgIpc) is 2.66. The Hall–Kier alpha value is -0.120. The summed E-state index contributed by atoms with van der Waals surface area (Å²) >= 11 is 0. The number of hydrogen-bond donors (Lipinski definition) is 2. The van der Waals surface area contributed by atoms with Crippen LogP contribution in [0.2, 0.25) is 0 Å². The molecule has 1 atom stereocenters. The highest BCUT2D eigenvalue weighted by Crippen LogP contribution is 2.28. The smallest absolute Gasteiger partial charge is 0.0500 e. The first-order valence-electron chi connectivity index (χ1n) is 6.08. The van der Waals surface area contributed by atoms with E-state index in [0.29, 0.717) is 5.92 Å². The lowest BCUT2D eigenvalue weighted by Crippen LogP contribution is -2.29. The van der Waals surface area contributed by atoms with Gasteiger partial charge in [-0.05, 0) is 31.7 Å². The van der Waals surface area contributed by atoms with Crippen LogP contribution < -0.4 is 5.32 Å². The molecule has 1 heterocycles. The molecule has 0 aliphatic carbocycles. The van der Waals surface area contributed by atoms with Gasteiger partial charge in [-0.25, -0.2) is 0 Å². The van der Waals surface area contributed by atoms with Gasteiger partial charge in [0.05, 0.1) is 6.61 Å². The molecule has 0 radical (unpaired) electrons. The van der Waals surface area contributed by atoms with Crippen LogP contribution in [0.5, 0.6) is 0 Å². The summed E-state index contributed by atoms with van der Waals surface area (Å²) in [5.41, 5.74) is 0.0951. The van der Waals surface area contributed by atoms with Gasteiger partial charge in [0, 0.05) is 25.2 Å². The minimum atomic E-state index is 0.0951. The molecule has 1 rings (SSSR count). The second kappa shape index (κ2) is 6.46. The van der Waals surface area contributed by atoms with Crippen LogP contribution in [0, 0.1) is 11.3 Å². The molecular weight excluding hydrogens is 190 g/mol. The summed E-state index contributed by atoms with van der Waals surface area (Å²) in [7, 11) is 0. The quantitative estimate of drug-likeness (QED) is 0.631. The Morgan fingerprint density at radius 1 is 1.40 bits per heavy atom. The van der Waals surface area contributed by atoms with Crippen molar-refractivity contribution in [2.45, 2.75) is 33.1 Å². The fourth-order valence-corrected chi connectivity index (χ4v) is 1.93. The monoisotopic (exact) mass is 215 g/mol. The molecule has 3 heteroatoms. The van der Waals surface area contributed by atoms with Gasteiger partial charge in [0.25, 0.3) is 0 Å². The highest BCUT2D eigenvalue weighted by molar-refractivity contribution is 4.86. The molecule has 90 valence electrons. The van der Waals surface area contributed by atoms with Gasteiger partial charge in [0.2, 0.25) is 0 Å². The highest BCUT2D eigenvalue weighted by Gasteiger charge is 2.32. The second-order valence-corrected chi connectivity index (χ2v) is 5.13. The Balaban J connectivity index is 2.07. The highest BCUT2D eigenvalue weighted by atomic mass is 16.5. The van der Waals surface area contributed by atoms with Crippen molar-refractivity contribution in [1.82, 2.24) is 5.32 Å². The summed E-state index contributed by atoms with van der Waals surface area (Å²) < 4.78 is 5.59. The SMILES string of the molecule is CC(C)CCOCCC1(CO)CCNC1. The minimum Gasteiger partial charge on any atom is -0.396 e. The molecule has 1 unspecified atom stereocenters. The zero-order chi connectivity index (χ0) is 11.1. The molecule has 0 saturated carbocycles. The van der Waals surface area contributed by atoms with E-state index in [1.807, 2.05) is 0 Å². The van der Waals surface area contributed by atoms with Crippen molar-refractivity contribution in [3.63, 3.8) is 0 Å². The van der Waals surface area contributed by atoms with Gasteiger partial charge in [-0.15, -0.1) is 0 Å². The van der Waals surface area contributed by atoms with E-state index in [1.165, 1.54) is 0 Å². The van der Waals surface area contributed by atoms with E-state index in [2.05, 4.69) is 19.2 Å². The standard InChI is InChI=1S/C12H25NO2/c1-11(2)3-7-15-8-5-12(10-14)4-6-13-9-12/h11,13-14H,3-10H2,1-2H3. The van der Waals surface area contributed by atoms with E-state index < -0.39 is 0 Å². The molecular formula is C12H25NO2. The van der Waals surface area contributed by atoms with Crippen LogP contribution in [0.1, 0.15) is 33.1 Å². The average molecular weight is 215 g/mol. The number of ether oxygens (including phenoxy) is 1. The van der Waals surface area contributed by atoms with Gasteiger partial charge in [-0.1, -0.05) is 13.8 Å². The van der Waals surface area contributed by atoms with Crippen molar-refractivity contribution in [1.29, 1.82) is 0 Å². The molecule has 0 amide bonds. The van der Waals surface area contributed by atoms with Crippen LogP contribution in [-0.4, -0.2) is 38.0 Å². The van der Waals surface area contributed by atoms with Gasteiger partial charge in [0.15, 0.2) is 0 Å². The van der Waals surface area contributed by atoms with Crippen LogP contribution in [-0.2, 0) is 4.74 Å². The molecule has 1 fully saturated rings. The van der Waals surface area contributed by atoms with Gasteiger partial charge < -0.3 is 15.2 Å². The lowest BCUT2D eigenvalue weighted by molar-refractivity contribution is 0.0630. The molecule has 15 heavy (non-hydrogen) atoms. The number of aliphatic hydroxyl groups excluding tert-OH is 1. The fourth-order valence-electron chi connectivity index (χ4n) is 1.93. The number of hydrogen-bond acceptors (Lipinski definition) is 3. The maximum absolute atomic E-state index is 9.37. The van der Waals surface area contributed by atoms with Gasteiger partial charge in [-0.3, -0.25) is 0 Å². The van der Waals surface area contributed by atoms with Crippen molar-refractivity contribution in [3.05, 3.63) is 0 Å². The maximum atomic E-state index is 9.37. The Kier molecular flexibility index (Phi) is 5.58. The Morgan fingerprint density at radius 3 is 2.73 bits per heavy atom.